The molecule has 0 bridgehead atoms. The number of nitrogens with zero attached hydrogens (tertiary/aromatic N) is 6. The minimum Gasteiger partial charge on any atom is -0.448 e. The van der Waals surface area contributed by atoms with Crippen LogP contribution in [0.1, 0.15) is 35.4 Å². The molecule has 26 heavy (non-hydrogen) atoms. The third kappa shape index (κ3) is 3.08. The zero-order chi connectivity index (χ0) is 18.1. The second-order valence-electron chi connectivity index (χ2n) is 6.37. The Hall–Kier alpha value is -3.07. The van der Waals surface area contributed by atoms with Crippen LogP contribution < -0.4 is 0 Å². The maximum absolute atomic E-state index is 12.3. The van der Waals surface area contributed by atoms with Crippen LogP contribution in [0.3, 0.4) is 0 Å². The Kier molecular flexibility index (Phi) is 4.00. The van der Waals surface area contributed by atoms with Gasteiger partial charge in [-0.05, 0) is 18.6 Å². The molecule has 9 heteroatoms. The van der Waals surface area contributed by atoms with Crippen LogP contribution >= 0.6 is 0 Å². The predicted molar refractivity (Wildman–Crippen MR) is 89.6 cm³/mol. The van der Waals surface area contributed by atoms with Gasteiger partial charge in [0, 0.05) is 5.69 Å². The van der Waals surface area contributed by atoms with Gasteiger partial charge in [-0.2, -0.15) is 15.0 Å². The lowest BCUT2D eigenvalue weighted by atomic mass is 9.91. The van der Waals surface area contributed by atoms with E-state index in [2.05, 4.69) is 20.2 Å². The smallest absolute Gasteiger partial charge is 0.276 e. The van der Waals surface area contributed by atoms with E-state index in [1.54, 1.807) is 23.5 Å². The Morgan fingerprint density at radius 2 is 2.08 bits per heavy atom. The van der Waals surface area contributed by atoms with Crippen molar-refractivity contribution < 1.29 is 14.3 Å². The van der Waals surface area contributed by atoms with Gasteiger partial charge in [0.15, 0.2) is 5.69 Å². The Bertz CT molecular complexity index is 897. The molecule has 1 N–H and O–H groups in total. The van der Waals surface area contributed by atoms with E-state index in [1.807, 2.05) is 19.1 Å². The second-order valence-corrected chi connectivity index (χ2v) is 6.37. The molecule has 9 nitrogen and oxygen atoms in total. The molecule has 0 atom stereocenters. The third-order valence-electron chi connectivity index (χ3n) is 4.48. The SMILES string of the molecule is CCC1(O)CN(C(=O)c2coc(Cc3ccc(-n4nccn4)cn3)n2)C1. The number of hydrogen-bond donors (Lipinski definition) is 1. The molecule has 0 aromatic carbocycles. The van der Waals surface area contributed by atoms with Crippen molar-refractivity contribution in [3.8, 4) is 5.69 Å². The highest BCUT2D eigenvalue weighted by atomic mass is 16.3. The van der Waals surface area contributed by atoms with E-state index in [1.165, 1.54) is 11.1 Å². The molecule has 134 valence electrons. The van der Waals surface area contributed by atoms with Crippen molar-refractivity contribution in [3.63, 3.8) is 0 Å². The number of pyridine rings is 1. The normalized spacial score (nSPS) is 15.7. The number of likely N-dealkylation sites (tertiary alicyclic amines) is 1. The fourth-order valence-electron chi connectivity index (χ4n) is 2.83. The summed E-state index contributed by atoms with van der Waals surface area (Å²) >= 11 is 0. The van der Waals surface area contributed by atoms with Crippen LogP contribution in [0.25, 0.3) is 5.69 Å². The second kappa shape index (κ2) is 6.34. The highest BCUT2D eigenvalue weighted by Gasteiger charge is 2.42. The molecule has 1 amide bonds. The van der Waals surface area contributed by atoms with Crippen molar-refractivity contribution in [1.82, 2.24) is 29.9 Å². The van der Waals surface area contributed by atoms with Crippen molar-refractivity contribution in [2.24, 2.45) is 0 Å². The molecular formula is C17H18N6O3. The number of carbonyl (C=O) groups excluding carboxylic acids is 1. The lowest BCUT2D eigenvalue weighted by molar-refractivity contribution is -0.0828. The molecule has 1 saturated heterocycles. The minimum absolute atomic E-state index is 0.230. The number of aromatic nitrogens is 5. The number of oxazole rings is 1. The Morgan fingerprint density at radius 1 is 1.31 bits per heavy atom. The van der Waals surface area contributed by atoms with E-state index < -0.39 is 5.60 Å². The van der Waals surface area contributed by atoms with Gasteiger partial charge >= 0.3 is 0 Å². The van der Waals surface area contributed by atoms with Gasteiger partial charge in [-0.1, -0.05) is 6.92 Å². The van der Waals surface area contributed by atoms with Crippen LogP contribution in [0.2, 0.25) is 0 Å². The molecule has 0 saturated carbocycles. The van der Waals surface area contributed by atoms with E-state index in [4.69, 9.17) is 4.42 Å². The first-order valence-electron chi connectivity index (χ1n) is 8.34. The standard InChI is InChI=1S/C17H18N6O3/c1-2-17(25)10-22(11-17)16(24)14-9-26-15(21-14)7-12-3-4-13(8-18-12)23-19-5-6-20-23/h3-6,8-9,25H,2,7,10-11H2,1H3. The lowest BCUT2D eigenvalue weighted by Gasteiger charge is -2.45. The largest absolute Gasteiger partial charge is 0.448 e. The highest BCUT2D eigenvalue weighted by Crippen LogP contribution is 2.25. The van der Waals surface area contributed by atoms with Gasteiger partial charge in [-0.25, -0.2) is 4.98 Å². The minimum atomic E-state index is -0.767. The summed E-state index contributed by atoms with van der Waals surface area (Å²) in [5.41, 5.74) is 0.988. The average Bonchev–Trinajstić information content (AvgIpc) is 3.31. The number of carbonyl (C=O) groups is 1. The van der Waals surface area contributed by atoms with Gasteiger partial charge in [0.1, 0.15) is 12.0 Å². The molecule has 4 heterocycles. The summed E-state index contributed by atoms with van der Waals surface area (Å²) in [5, 5.41) is 18.1. The van der Waals surface area contributed by atoms with Crippen LogP contribution in [0.15, 0.2) is 41.4 Å². The predicted octanol–water partition coefficient (Wildman–Crippen LogP) is 0.838. The highest BCUT2D eigenvalue weighted by molar-refractivity contribution is 5.92. The van der Waals surface area contributed by atoms with Crippen molar-refractivity contribution in [2.75, 3.05) is 13.1 Å². The summed E-state index contributed by atoms with van der Waals surface area (Å²) in [7, 11) is 0. The Morgan fingerprint density at radius 3 is 2.73 bits per heavy atom. The summed E-state index contributed by atoms with van der Waals surface area (Å²) < 4.78 is 5.40. The van der Waals surface area contributed by atoms with Gasteiger partial charge in [0.2, 0.25) is 5.89 Å². The lowest BCUT2D eigenvalue weighted by Crippen LogP contribution is -2.63. The number of amides is 1. The van der Waals surface area contributed by atoms with Crippen LogP contribution in [-0.4, -0.2) is 59.6 Å². The molecular weight excluding hydrogens is 336 g/mol. The van der Waals surface area contributed by atoms with Crippen molar-refractivity contribution in [1.29, 1.82) is 0 Å². The number of rotatable bonds is 5. The summed E-state index contributed by atoms with van der Waals surface area (Å²) in [6, 6.07) is 3.68. The van der Waals surface area contributed by atoms with Crippen LogP contribution in [0.5, 0.6) is 0 Å². The van der Waals surface area contributed by atoms with E-state index in [0.717, 1.165) is 11.4 Å². The van der Waals surface area contributed by atoms with Gasteiger partial charge in [-0.15, -0.1) is 0 Å². The summed E-state index contributed by atoms with van der Waals surface area (Å²) in [5.74, 6) is 0.184. The van der Waals surface area contributed by atoms with Crippen molar-refractivity contribution in [3.05, 3.63) is 54.3 Å². The molecule has 1 aliphatic rings. The van der Waals surface area contributed by atoms with Crippen molar-refractivity contribution in [2.45, 2.75) is 25.4 Å². The molecule has 1 aliphatic heterocycles. The zero-order valence-corrected chi connectivity index (χ0v) is 14.2. The van der Waals surface area contributed by atoms with E-state index >= 15 is 0 Å². The molecule has 0 aliphatic carbocycles. The number of β-amino-alcohol motifs (C(OH)–C–C–N with tert-alkyl or cyclic N) is 1. The zero-order valence-electron chi connectivity index (χ0n) is 14.2. The topological polar surface area (TPSA) is 110 Å². The van der Waals surface area contributed by atoms with Crippen molar-refractivity contribution >= 4 is 5.91 Å². The monoisotopic (exact) mass is 354 g/mol. The number of aliphatic hydroxyl groups is 1. The van der Waals surface area contributed by atoms with E-state index in [9.17, 15) is 9.90 Å². The van der Waals surface area contributed by atoms with Crippen LogP contribution in [0, 0.1) is 0 Å². The molecule has 0 radical (unpaired) electrons. The molecule has 3 aromatic heterocycles. The Labute approximate surface area is 149 Å². The fourth-order valence-corrected chi connectivity index (χ4v) is 2.83. The van der Waals surface area contributed by atoms with Crippen LogP contribution in [0.4, 0.5) is 0 Å². The summed E-state index contributed by atoms with van der Waals surface area (Å²) in [4.78, 5) is 24.0. The fraction of sp³-hybridized carbons (Fsp3) is 0.353. The quantitative estimate of drug-likeness (QED) is 0.723. The first kappa shape index (κ1) is 16.4. The van der Waals surface area contributed by atoms with Crippen LogP contribution in [-0.2, 0) is 6.42 Å². The third-order valence-corrected chi connectivity index (χ3v) is 4.48. The van der Waals surface area contributed by atoms with Gasteiger partial charge in [-0.3, -0.25) is 9.78 Å². The summed E-state index contributed by atoms with van der Waals surface area (Å²) in [6.07, 6.45) is 7.20. The van der Waals surface area contributed by atoms with Gasteiger partial charge in [0.25, 0.3) is 5.91 Å². The average molecular weight is 354 g/mol. The first-order chi connectivity index (χ1) is 12.6. The molecule has 3 aromatic rings. The Balaban J connectivity index is 1.40. The maximum Gasteiger partial charge on any atom is 0.276 e. The van der Waals surface area contributed by atoms with E-state index in [0.29, 0.717) is 31.8 Å². The maximum atomic E-state index is 12.3. The molecule has 0 unspecified atom stereocenters. The number of hydrogen-bond acceptors (Lipinski definition) is 7. The summed E-state index contributed by atoms with van der Waals surface area (Å²) in [6.45, 7) is 2.56. The van der Waals surface area contributed by atoms with Gasteiger partial charge < -0.3 is 14.4 Å². The molecule has 4 rings (SSSR count). The van der Waals surface area contributed by atoms with Gasteiger partial charge in [0.05, 0.1) is 43.7 Å². The molecule has 0 spiro atoms. The first-order valence-corrected chi connectivity index (χ1v) is 8.34. The van der Waals surface area contributed by atoms with E-state index in [-0.39, 0.29) is 11.6 Å². The molecule has 1 fully saturated rings.